The number of aliphatic hydroxyl groups excluding tert-OH is 1. The van der Waals surface area contributed by atoms with Gasteiger partial charge in [0.25, 0.3) is 0 Å². The number of hydrogen-bond donors (Lipinski definition) is 2. The molecule has 1 aliphatic rings. The molecule has 0 radical (unpaired) electrons. The van der Waals surface area contributed by atoms with E-state index in [1.54, 1.807) is 6.92 Å². The SMILES string of the molecule is CC(C1CCNCC1)S(=O)(=O)CCO. The molecule has 1 atom stereocenters. The molecule has 1 rings (SSSR count). The van der Waals surface area contributed by atoms with Gasteiger partial charge in [-0.1, -0.05) is 0 Å². The van der Waals surface area contributed by atoms with E-state index < -0.39 is 9.84 Å². The highest BCUT2D eigenvalue weighted by atomic mass is 32.2. The van der Waals surface area contributed by atoms with Crippen LogP contribution in [0.5, 0.6) is 0 Å². The number of rotatable bonds is 4. The molecule has 2 N–H and O–H groups in total. The van der Waals surface area contributed by atoms with Crippen LogP contribution in [0, 0.1) is 5.92 Å². The lowest BCUT2D eigenvalue weighted by molar-refractivity contribution is 0.316. The molecule has 0 amide bonds. The minimum atomic E-state index is -3.09. The first kappa shape index (κ1) is 11.9. The number of piperidine rings is 1. The van der Waals surface area contributed by atoms with Gasteiger partial charge in [0.1, 0.15) is 0 Å². The van der Waals surface area contributed by atoms with Gasteiger partial charge in [-0.15, -0.1) is 0 Å². The molecule has 0 aromatic rings. The van der Waals surface area contributed by atoms with E-state index in [4.69, 9.17) is 5.11 Å². The predicted octanol–water partition coefficient (Wildman–Crippen LogP) is -0.218. The summed E-state index contributed by atoms with van der Waals surface area (Å²) in [5, 5.41) is 11.6. The van der Waals surface area contributed by atoms with Crippen molar-refractivity contribution in [2.24, 2.45) is 5.92 Å². The van der Waals surface area contributed by atoms with Crippen LogP contribution in [0.25, 0.3) is 0 Å². The van der Waals surface area contributed by atoms with E-state index in [2.05, 4.69) is 5.32 Å². The van der Waals surface area contributed by atoms with Crippen LogP contribution in [0.2, 0.25) is 0 Å². The Bertz CT molecular complexity index is 257. The molecule has 1 unspecified atom stereocenters. The highest BCUT2D eigenvalue weighted by molar-refractivity contribution is 7.92. The summed E-state index contributed by atoms with van der Waals surface area (Å²) >= 11 is 0. The largest absolute Gasteiger partial charge is 0.395 e. The van der Waals surface area contributed by atoms with Gasteiger partial charge in [-0.25, -0.2) is 8.42 Å². The smallest absolute Gasteiger partial charge is 0.155 e. The van der Waals surface area contributed by atoms with Crippen molar-refractivity contribution in [3.8, 4) is 0 Å². The second kappa shape index (κ2) is 5.09. The lowest BCUT2D eigenvalue weighted by Crippen LogP contribution is -2.37. The lowest BCUT2D eigenvalue weighted by atomic mass is 9.95. The third-order valence-electron chi connectivity index (χ3n) is 2.99. The van der Waals surface area contributed by atoms with Crippen molar-refractivity contribution in [3.63, 3.8) is 0 Å². The molecule has 5 heteroatoms. The van der Waals surface area contributed by atoms with Crippen LogP contribution in [0.1, 0.15) is 19.8 Å². The Labute approximate surface area is 85.6 Å². The normalized spacial score (nSPS) is 22.1. The summed E-state index contributed by atoms with van der Waals surface area (Å²) in [5.74, 6) is 0.158. The maximum Gasteiger partial charge on any atom is 0.155 e. The van der Waals surface area contributed by atoms with E-state index in [1.807, 2.05) is 0 Å². The second-order valence-corrected chi connectivity index (χ2v) is 6.36. The van der Waals surface area contributed by atoms with Crippen LogP contribution in [0.3, 0.4) is 0 Å². The molecule has 0 aromatic heterocycles. The standard InChI is InChI=1S/C9H19NO3S/c1-8(14(12,13)7-6-11)9-2-4-10-5-3-9/h8-11H,2-7H2,1H3. The molecule has 4 nitrogen and oxygen atoms in total. The lowest BCUT2D eigenvalue weighted by Gasteiger charge is -2.27. The maximum absolute atomic E-state index is 11.6. The fraction of sp³-hybridized carbons (Fsp3) is 1.00. The van der Waals surface area contributed by atoms with Crippen molar-refractivity contribution in [3.05, 3.63) is 0 Å². The molecule has 14 heavy (non-hydrogen) atoms. The molecule has 0 bridgehead atoms. The average molecular weight is 221 g/mol. The molecule has 0 spiro atoms. The average Bonchev–Trinajstić information content (AvgIpc) is 2.18. The van der Waals surface area contributed by atoms with Crippen molar-refractivity contribution in [1.29, 1.82) is 0 Å². The maximum atomic E-state index is 11.6. The summed E-state index contributed by atoms with van der Waals surface area (Å²) in [5.41, 5.74) is 0. The molecular weight excluding hydrogens is 202 g/mol. The summed E-state index contributed by atoms with van der Waals surface area (Å²) in [6.07, 6.45) is 1.84. The zero-order valence-electron chi connectivity index (χ0n) is 8.57. The molecule has 1 aliphatic heterocycles. The topological polar surface area (TPSA) is 66.4 Å². The summed E-state index contributed by atoms with van der Waals surface area (Å²) in [4.78, 5) is 0. The van der Waals surface area contributed by atoms with Gasteiger partial charge in [0.05, 0.1) is 17.6 Å². The highest BCUT2D eigenvalue weighted by Gasteiger charge is 2.29. The molecule has 0 saturated carbocycles. The first-order valence-corrected chi connectivity index (χ1v) is 6.82. The van der Waals surface area contributed by atoms with Crippen LogP contribution in [-0.2, 0) is 9.84 Å². The molecule has 1 fully saturated rings. The van der Waals surface area contributed by atoms with Crippen molar-refractivity contribution in [1.82, 2.24) is 5.32 Å². The Kier molecular flexibility index (Phi) is 4.34. The minimum Gasteiger partial charge on any atom is -0.395 e. The molecular formula is C9H19NO3S. The van der Waals surface area contributed by atoms with Crippen molar-refractivity contribution < 1.29 is 13.5 Å². The highest BCUT2D eigenvalue weighted by Crippen LogP contribution is 2.22. The van der Waals surface area contributed by atoms with Gasteiger partial charge in [0, 0.05) is 0 Å². The number of sulfone groups is 1. The summed E-state index contributed by atoms with van der Waals surface area (Å²) in [6, 6.07) is 0. The molecule has 1 heterocycles. The van der Waals surface area contributed by atoms with Crippen LogP contribution in [0.15, 0.2) is 0 Å². The van der Waals surface area contributed by atoms with Crippen molar-refractivity contribution in [2.75, 3.05) is 25.4 Å². The Morgan fingerprint density at radius 3 is 2.50 bits per heavy atom. The van der Waals surface area contributed by atoms with Gasteiger partial charge < -0.3 is 10.4 Å². The van der Waals surface area contributed by atoms with Crippen LogP contribution < -0.4 is 5.32 Å². The van der Waals surface area contributed by atoms with Gasteiger partial charge >= 0.3 is 0 Å². The molecule has 1 saturated heterocycles. The van der Waals surface area contributed by atoms with Crippen molar-refractivity contribution >= 4 is 9.84 Å². The van der Waals surface area contributed by atoms with Gasteiger partial charge in [0.2, 0.25) is 0 Å². The third kappa shape index (κ3) is 2.93. The number of nitrogens with one attached hydrogen (secondary N) is 1. The minimum absolute atomic E-state index is 0.0991. The molecule has 0 aromatic carbocycles. The Morgan fingerprint density at radius 1 is 1.43 bits per heavy atom. The van der Waals surface area contributed by atoms with E-state index in [-0.39, 0.29) is 23.5 Å². The van der Waals surface area contributed by atoms with E-state index in [9.17, 15) is 8.42 Å². The van der Waals surface area contributed by atoms with Crippen molar-refractivity contribution in [2.45, 2.75) is 25.0 Å². The first-order valence-electron chi connectivity index (χ1n) is 5.11. The van der Waals surface area contributed by atoms with E-state index in [0.717, 1.165) is 25.9 Å². The molecule has 84 valence electrons. The van der Waals surface area contributed by atoms with Crippen LogP contribution in [-0.4, -0.2) is 44.2 Å². The second-order valence-electron chi connectivity index (χ2n) is 3.88. The van der Waals surface area contributed by atoms with E-state index in [1.165, 1.54) is 0 Å². The third-order valence-corrected chi connectivity index (χ3v) is 5.26. The predicted molar refractivity (Wildman–Crippen MR) is 55.9 cm³/mol. The van der Waals surface area contributed by atoms with E-state index >= 15 is 0 Å². The molecule has 0 aliphatic carbocycles. The summed E-state index contributed by atoms with van der Waals surface area (Å²) in [6.45, 7) is 3.31. The summed E-state index contributed by atoms with van der Waals surface area (Å²) in [7, 11) is -3.09. The number of aliphatic hydroxyl groups is 1. The fourth-order valence-electron chi connectivity index (χ4n) is 1.92. The summed E-state index contributed by atoms with van der Waals surface area (Å²) < 4.78 is 23.3. The monoisotopic (exact) mass is 221 g/mol. The van der Waals surface area contributed by atoms with Gasteiger partial charge in [0.15, 0.2) is 9.84 Å². The fourth-order valence-corrected chi connectivity index (χ4v) is 3.40. The Balaban J connectivity index is 2.58. The van der Waals surface area contributed by atoms with Gasteiger partial charge in [-0.05, 0) is 38.8 Å². The number of hydrogen-bond acceptors (Lipinski definition) is 4. The van der Waals surface area contributed by atoms with Gasteiger partial charge in [-0.3, -0.25) is 0 Å². The quantitative estimate of drug-likeness (QED) is 0.689. The van der Waals surface area contributed by atoms with Gasteiger partial charge in [-0.2, -0.15) is 0 Å². The zero-order chi connectivity index (χ0) is 10.6. The van der Waals surface area contributed by atoms with Crippen LogP contribution >= 0.6 is 0 Å². The van der Waals surface area contributed by atoms with E-state index in [0.29, 0.717) is 0 Å². The Morgan fingerprint density at radius 2 is 2.00 bits per heavy atom. The first-order chi connectivity index (χ1) is 6.58. The van der Waals surface area contributed by atoms with Crippen LogP contribution in [0.4, 0.5) is 0 Å². The Hall–Kier alpha value is -0.130. The zero-order valence-corrected chi connectivity index (χ0v) is 9.39.